The van der Waals surface area contributed by atoms with Gasteiger partial charge >= 0.3 is 0 Å². The standard InChI is InChI=1S/C15H20N2O2/c1-3-7-12(16)15-10-13(17-19-15)11-8-5-6-9-14(11)18-4-2/h5-6,8-10,12H,3-4,7,16H2,1-2H3. The van der Waals surface area contributed by atoms with Crippen molar-refractivity contribution in [1.82, 2.24) is 5.16 Å². The fraction of sp³-hybridized carbons (Fsp3) is 0.400. The van der Waals surface area contributed by atoms with Crippen molar-refractivity contribution in [2.24, 2.45) is 5.73 Å². The van der Waals surface area contributed by atoms with E-state index in [2.05, 4.69) is 12.1 Å². The Morgan fingerprint density at radius 2 is 2.11 bits per heavy atom. The summed E-state index contributed by atoms with van der Waals surface area (Å²) in [6, 6.07) is 9.61. The van der Waals surface area contributed by atoms with E-state index in [4.69, 9.17) is 15.0 Å². The Morgan fingerprint density at radius 1 is 1.32 bits per heavy atom. The highest BCUT2D eigenvalue weighted by atomic mass is 16.5. The van der Waals surface area contributed by atoms with Crippen LogP contribution in [0, 0.1) is 0 Å². The SMILES string of the molecule is CCCC(N)c1cc(-c2ccccc2OCC)no1. The first-order valence-electron chi connectivity index (χ1n) is 6.70. The van der Waals surface area contributed by atoms with Crippen LogP contribution in [-0.4, -0.2) is 11.8 Å². The highest BCUT2D eigenvalue weighted by Crippen LogP contribution is 2.30. The first kappa shape index (κ1) is 13.6. The number of hydrogen-bond donors (Lipinski definition) is 1. The van der Waals surface area contributed by atoms with Crippen LogP contribution >= 0.6 is 0 Å². The number of para-hydroxylation sites is 1. The second kappa shape index (κ2) is 6.38. The van der Waals surface area contributed by atoms with Gasteiger partial charge in [0.1, 0.15) is 11.4 Å². The van der Waals surface area contributed by atoms with Gasteiger partial charge in [0.2, 0.25) is 0 Å². The summed E-state index contributed by atoms with van der Waals surface area (Å²) < 4.78 is 10.9. The van der Waals surface area contributed by atoms with Gasteiger partial charge in [0, 0.05) is 11.6 Å². The van der Waals surface area contributed by atoms with E-state index in [1.54, 1.807) is 0 Å². The number of hydrogen-bond acceptors (Lipinski definition) is 4. The van der Waals surface area contributed by atoms with Gasteiger partial charge in [-0.05, 0) is 25.5 Å². The lowest BCUT2D eigenvalue weighted by Crippen LogP contribution is -2.08. The van der Waals surface area contributed by atoms with Gasteiger partial charge in [-0.15, -0.1) is 0 Å². The highest BCUT2D eigenvalue weighted by Gasteiger charge is 2.15. The maximum atomic E-state index is 6.03. The Kier molecular flexibility index (Phi) is 4.58. The van der Waals surface area contributed by atoms with Crippen LogP contribution in [0.25, 0.3) is 11.3 Å². The molecule has 1 heterocycles. The Hall–Kier alpha value is -1.81. The largest absolute Gasteiger partial charge is 0.493 e. The number of benzene rings is 1. The van der Waals surface area contributed by atoms with Gasteiger partial charge in [0.25, 0.3) is 0 Å². The molecular weight excluding hydrogens is 240 g/mol. The number of nitrogens with zero attached hydrogens (tertiary/aromatic N) is 1. The van der Waals surface area contributed by atoms with Crippen LogP contribution < -0.4 is 10.5 Å². The first-order chi connectivity index (χ1) is 9.26. The third kappa shape index (κ3) is 3.15. The molecule has 0 bridgehead atoms. The van der Waals surface area contributed by atoms with Gasteiger partial charge in [0.15, 0.2) is 5.76 Å². The van der Waals surface area contributed by atoms with Gasteiger partial charge in [-0.1, -0.05) is 30.6 Å². The fourth-order valence-corrected chi connectivity index (χ4v) is 2.00. The van der Waals surface area contributed by atoms with Crippen molar-refractivity contribution in [3.8, 4) is 17.0 Å². The van der Waals surface area contributed by atoms with Crippen molar-refractivity contribution >= 4 is 0 Å². The lowest BCUT2D eigenvalue weighted by Gasteiger charge is -2.07. The van der Waals surface area contributed by atoms with Crippen LogP contribution in [0.3, 0.4) is 0 Å². The molecule has 0 amide bonds. The van der Waals surface area contributed by atoms with E-state index in [1.807, 2.05) is 37.3 Å². The zero-order valence-electron chi connectivity index (χ0n) is 11.4. The van der Waals surface area contributed by atoms with E-state index < -0.39 is 0 Å². The van der Waals surface area contributed by atoms with Crippen LogP contribution in [0.5, 0.6) is 5.75 Å². The molecule has 0 spiro atoms. The predicted octanol–water partition coefficient (Wildman–Crippen LogP) is 3.54. The van der Waals surface area contributed by atoms with Crippen molar-refractivity contribution in [3.63, 3.8) is 0 Å². The van der Waals surface area contributed by atoms with E-state index in [0.29, 0.717) is 6.61 Å². The first-order valence-corrected chi connectivity index (χ1v) is 6.70. The molecule has 19 heavy (non-hydrogen) atoms. The minimum Gasteiger partial charge on any atom is -0.493 e. The van der Waals surface area contributed by atoms with Gasteiger partial charge < -0.3 is 15.0 Å². The van der Waals surface area contributed by atoms with E-state index in [1.165, 1.54) is 0 Å². The quantitative estimate of drug-likeness (QED) is 0.863. The van der Waals surface area contributed by atoms with Crippen LogP contribution in [0.2, 0.25) is 0 Å². The molecule has 4 heteroatoms. The van der Waals surface area contributed by atoms with E-state index in [0.717, 1.165) is 35.6 Å². The molecule has 0 aliphatic rings. The number of ether oxygens (including phenoxy) is 1. The molecule has 0 aliphatic carbocycles. The van der Waals surface area contributed by atoms with Gasteiger partial charge in [-0.3, -0.25) is 0 Å². The zero-order chi connectivity index (χ0) is 13.7. The maximum absolute atomic E-state index is 6.03. The Balaban J connectivity index is 2.27. The summed E-state index contributed by atoms with van der Waals surface area (Å²) in [4.78, 5) is 0. The van der Waals surface area contributed by atoms with E-state index in [9.17, 15) is 0 Å². The molecule has 0 aliphatic heterocycles. The lowest BCUT2D eigenvalue weighted by molar-refractivity contribution is 0.340. The lowest BCUT2D eigenvalue weighted by atomic mass is 10.1. The molecule has 2 N–H and O–H groups in total. The summed E-state index contributed by atoms with van der Waals surface area (Å²) in [7, 11) is 0. The highest BCUT2D eigenvalue weighted by molar-refractivity contribution is 5.66. The monoisotopic (exact) mass is 260 g/mol. The second-order valence-corrected chi connectivity index (χ2v) is 4.44. The topological polar surface area (TPSA) is 61.3 Å². The van der Waals surface area contributed by atoms with Crippen LogP contribution in [-0.2, 0) is 0 Å². The number of aromatic nitrogens is 1. The molecule has 102 valence electrons. The summed E-state index contributed by atoms with van der Waals surface area (Å²) >= 11 is 0. The van der Waals surface area contributed by atoms with Gasteiger partial charge in [0.05, 0.1) is 12.6 Å². The number of rotatable bonds is 6. The summed E-state index contributed by atoms with van der Waals surface area (Å²) in [5.74, 6) is 1.54. The molecule has 1 aromatic heterocycles. The Bertz CT molecular complexity index is 522. The molecule has 0 saturated heterocycles. The molecule has 1 unspecified atom stereocenters. The molecule has 4 nitrogen and oxygen atoms in total. The van der Waals surface area contributed by atoms with Crippen LogP contribution in [0.15, 0.2) is 34.9 Å². The molecule has 1 atom stereocenters. The van der Waals surface area contributed by atoms with E-state index in [-0.39, 0.29) is 6.04 Å². The Labute approximate surface area is 113 Å². The number of nitrogens with two attached hydrogens (primary N) is 1. The third-order valence-electron chi connectivity index (χ3n) is 2.96. The van der Waals surface area contributed by atoms with Crippen molar-refractivity contribution in [2.75, 3.05) is 6.61 Å². The van der Waals surface area contributed by atoms with Gasteiger partial charge in [-0.2, -0.15) is 0 Å². The second-order valence-electron chi connectivity index (χ2n) is 4.44. The Morgan fingerprint density at radius 3 is 2.84 bits per heavy atom. The normalized spacial score (nSPS) is 12.4. The molecule has 0 radical (unpaired) electrons. The van der Waals surface area contributed by atoms with Crippen LogP contribution in [0.1, 0.15) is 38.5 Å². The minimum atomic E-state index is -0.0921. The smallest absolute Gasteiger partial charge is 0.154 e. The van der Waals surface area contributed by atoms with Crippen molar-refractivity contribution in [1.29, 1.82) is 0 Å². The van der Waals surface area contributed by atoms with E-state index >= 15 is 0 Å². The van der Waals surface area contributed by atoms with Crippen molar-refractivity contribution in [2.45, 2.75) is 32.7 Å². The molecule has 1 aromatic carbocycles. The molecular formula is C15H20N2O2. The fourth-order valence-electron chi connectivity index (χ4n) is 2.00. The summed E-state index contributed by atoms with van der Waals surface area (Å²) in [5, 5.41) is 4.10. The average molecular weight is 260 g/mol. The van der Waals surface area contributed by atoms with Crippen molar-refractivity contribution < 1.29 is 9.26 Å². The molecule has 2 rings (SSSR count). The minimum absolute atomic E-state index is 0.0921. The van der Waals surface area contributed by atoms with Crippen LogP contribution in [0.4, 0.5) is 0 Å². The average Bonchev–Trinajstić information content (AvgIpc) is 2.90. The van der Waals surface area contributed by atoms with Crippen molar-refractivity contribution in [3.05, 3.63) is 36.1 Å². The predicted molar refractivity (Wildman–Crippen MR) is 74.9 cm³/mol. The summed E-state index contributed by atoms with van der Waals surface area (Å²) in [6.07, 6.45) is 1.91. The zero-order valence-corrected chi connectivity index (χ0v) is 11.4. The third-order valence-corrected chi connectivity index (χ3v) is 2.96. The summed E-state index contributed by atoms with van der Waals surface area (Å²) in [5.41, 5.74) is 7.73. The maximum Gasteiger partial charge on any atom is 0.154 e. The summed E-state index contributed by atoms with van der Waals surface area (Å²) in [6.45, 7) is 4.68. The van der Waals surface area contributed by atoms with Gasteiger partial charge in [-0.25, -0.2) is 0 Å². The molecule has 0 saturated carbocycles. The molecule has 2 aromatic rings. The molecule has 0 fully saturated rings.